The Morgan fingerprint density at radius 2 is 0.900 bits per heavy atom. The van der Waals surface area contributed by atoms with Crippen LogP contribution < -0.4 is 0 Å². The van der Waals surface area contributed by atoms with Gasteiger partial charge in [0.15, 0.2) is 0 Å². The molecule has 1 heteroatoms. The first-order valence-electron chi connectivity index (χ1n) is 9.10. The Labute approximate surface area is 133 Å². The van der Waals surface area contributed by atoms with E-state index < -0.39 is 0 Å². The zero-order chi connectivity index (χ0) is 14.9. The van der Waals surface area contributed by atoms with Crippen LogP contribution in [0, 0.1) is 0 Å². The van der Waals surface area contributed by atoms with E-state index in [2.05, 4.69) is 13.5 Å². The van der Waals surface area contributed by atoms with Crippen LogP contribution in [0.15, 0.2) is 11.6 Å². The highest BCUT2D eigenvalue weighted by atomic mass is 35.5. The third-order valence-corrected chi connectivity index (χ3v) is 4.24. The molecule has 0 saturated carbocycles. The predicted molar refractivity (Wildman–Crippen MR) is 94.5 cm³/mol. The lowest BCUT2D eigenvalue weighted by Gasteiger charge is -2.03. The van der Waals surface area contributed by atoms with Gasteiger partial charge in [0.05, 0.1) is 0 Å². The van der Waals surface area contributed by atoms with E-state index in [9.17, 15) is 0 Å². The molecule has 0 aliphatic rings. The molecule has 0 aliphatic heterocycles. The Morgan fingerprint density at radius 3 is 1.20 bits per heavy atom. The van der Waals surface area contributed by atoms with Crippen molar-refractivity contribution in [3.63, 3.8) is 0 Å². The van der Waals surface area contributed by atoms with E-state index in [1.165, 1.54) is 96.3 Å². The maximum atomic E-state index is 5.74. The normalized spacial score (nSPS) is 10.9. The molecule has 0 radical (unpaired) electrons. The van der Waals surface area contributed by atoms with Crippen molar-refractivity contribution in [3.05, 3.63) is 11.6 Å². The topological polar surface area (TPSA) is 0 Å². The van der Waals surface area contributed by atoms with Crippen LogP contribution in [0.4, 0.5) is 0 Å². The Balaban J connectivity index is 2.94. The minimum Gasteiger partial charge on any atom is -0.0898 e. The van der Waals surface area contributed by atoms with Gasteiger partial charge in [-0.1, -0.05) is 115 Å². The average molecular weight is 301 g/mol. The molecule has 0 N–H and O–H groups in total. The number of hydrogen-bond acceptors (Lipinski definition) is 0. The zero-order valence-corrected chi connectivity index (χ0v) is 14.7. The van der Waals surface area contributed by atoms with E-state index in [1.54, 1.807) is 0 Å². The predicted octanol–water partition coefficient (Wildman–Crippen LogP) is 8.00. The van der Waals surface area contributed by atoms with Gasteiger partial charge in [0.2, 0.25) is 0 Å². The zero-order valence-electron chi connectivity index (χ0n) is 13.9. The molecule has 0 spiro atoms. The van der Waals surface area contributed by atoms with Crippen molar-refractivity contribution < 1.29 is 0 Å². The van der Waals surface area contributed by atoms with Crippen LogP contribution in [0.5, 0.6) is 0 Å². The number of hydrogen-bond donors (Lipinski definition) is 0. The third-order valence-electron chi connectivity index (χ3n) is 4.05. The molecule has 0 amide bonds. The summed E-state index contributed by atoms with van der Waals surface area (Å²) in [5.41, 5.74) is 0. The fourth-order valence-electron chi connectivity index (χ4n) is 2.69. The minimum absolute atomic E-state index is 0.819. The molecule has 20 heavy (non-hydrogen) atoms. The number of halogens is 1. The van der Waals surface area contributed by atoms with Crippen LogP contribution >= 0.6 is 11.6 Å². The first-order chi connectivity index (χ1) is 9.77. The van der Waals surface area contributed by atoms with E-state index in [-0.39, 0.29) is 0 Å². The lowest BCUT2D eigenvalue weighted by molar-refractivity contribution is 0.532. The van der Waals surface area contributed by atoms with Gasteiger partial charge in [-0.2, -0.15) is 0 Å². The standard InChI is InChI=1S/C19H37Cl/c1-3-4-5-6-7-8-9-10-11-12-13-14-15-16-17-18-19(2)20/h2-18H2,1H3. The van der Waals surface area contributed by atoms with Crippen LogP contribution in [-0.4, -0.2) is 0 Å². The van der Waals surface area contributed by atoms with Crippen LogP contribution in [-0.2, 0) is 0 Å². The highest BCUT2D eigenvalue weighted by molar-refractivity contribution is 6.29. The van der Waals surface area contributed by atoms with Gasteiger partial charge in [-0.15, -0.1) is 0 Å². The molecule has 0 atom stereocenters. The second kappa shape index (κ2) is 17.1. The summed E-state index contributed by atoms with van der Waals surface area (Å²) < 4.78 is 0. The molecule has 0 rings (SSSR count). The molecule has 0 fully saturated rings. The van der Waals surface area contributed by atoms with Crippen LogP contribution in [0.3, 0.4) is 0 Å². The Kier molecular flexibility index (Phi) is 17.1. The lowest BCUT2D eigenvalue weighted by atomic mass is 10.0. The van der Waals surface area contributed by atoms with E-state index in [1.807, 2.05) is 0 Å². The van der Waals surface area contributed by atoms with Crippen LogP contribution in [0.1, 0.15) is 110 Å². The average Bonchev–Trinajstić information content (AvgIpc) is 2.43. The molecule has 120 valence electrons. The van der Waals surface area contributed by atoms with Gasteiger partial charge in [-0.3, -0.25) is 0 Å². The monoisotopic (exact) mass is 300 g/mol. The molecule has 0 bridgehead atoms. The van der Waals surface area contributed by atoms with Crippen LogP contribution in [0.25, 0.3) is 0 Å². The Hall–Kier alpha value is 0.0300. The third kappa shape index (κ3) is 18.0. The summed E-state index contributed by atoms with van der Waals surface area (Å²) in [4.78, 5) is 0. The fraction of sp³-hybridized carbons (Fsp3) is 0.895. The lowest BCUT2D eigenvalue weighted by Crippen LogP contribution is -1.83. The number of rotatable bonds is 16. The number of allylic oxidation sites excluding steroid dienone is 1. The summed E-state index contributed by atoms with van der Waals surface area (Å²) in [5, 5.41) is 0.819. The van der Waals surface area contributed by atoms with Crippen molar-refractivity contribution in [1.29, 1.82) is 0 Å². The molecule has 0 aromatic rings. The first kappa shape index (κ1) is 20.0. The van der Waals surface area contributed by atoms with Crippen molar-refractivity contribution in [2.75, 3.05) is 0 Å². The van der Waals surface area contributed by atoms with Gasteiger partial charge in [0, 0.05) is 5.03 Å². The maximum absolute atomic E-state index is 5.74. The molecule has 0 aromatic heterocycles. The smallest absolute Gasteiger partial charge is 0.0109 e. The Morgan fingerprint density at radius 1 is 0.600 bits per heavy atom. The maximum Gasteiger partial charge on any atom is 0.0109 e. The fourth-order valence-corrected chi connectivity index (χ4v) is 2.82. The van der Waals surface area contributed by atoms with Gasteiger partial charge in [-0.05, 0) is 12.8 Å². The molecule has 0 nitrogen and oxygen atoms in total. The molecule has 0 aromatic carbocycles. The molecular weight excluding hydrogens is 264 g/mol. The van der Waals surface area contributed by atoms with Crippen molar-refractivity contribution in [2.24, 2.45) is 0 Å². The van der Waals surface area contributed by atoms with E-state index in [0.29, 0.717) is 0 Å². The first-order valence-corrected chi connectivity index (χ1v) is 9.48. The molecule has 0 unspecified atom stereocenters. The molecule has 0 saturated heterocycles. The van der Waals surface area contributed by atoms with Crippen molar-refractivity contribution in [1.82, 2.24) is 0 Å². The highest BCUT2D eigenvalue weighted by Crippen LogP contribution is 2.15. The van der Waals surface area contributed by atoms with Gasteiger partial charge in [0.1, 0.15) is 0 Å². The van der Waals surface area contributed by atoms with Gasteiger partial charge < -0.3 is 0 Å². The summed E-state index contributed by atoms with van der Waals surface area (Å²) in [6.45, 7) is 6.01. The SMILES string of the molecule is C=C(Cl)CCCCCCCCCCCCCCCCC. The summed E-state index contributed by atoms with van der Waals surface area (Å²) in [5.74, 6) is 0. The summed E-state index contributed by atoms with van der Waals surface area (Å²) in [7, 11) is 0. The summed E-state index contributed by atoms with van der Waals surface area (Å²) in [6, 6.07) is 0. The minimum atomic E-state index is 0.819. The van der Waals surface area contributed by atoms with E-state index in [4.69, 9.17) is 11.6 Å². The molecule has 0 heterocycles. The van der Waals surface area contributed by atoms with Crippen molar-refractivity contribution in [2.45, 2.75) is 110 Å². The molecular formula is C19H37Cl. The van der Waals surface area contributed by atoms with Crippen molar-refractivity contribution >= 4 is 11.6 Å². The second-order valence-corrected chi connectivity index (χ2v) is 6.75. The van der Waals surface area contributed by atoms with E-state index >= 15 is 0 Å². The Bertz CT molecular complexity index is 198. The highest BCUT2D eigenvalue weighted by Gasteiger charge is 1.94. The van der Waals surface area contributed by atoms with Crippen molar-refractivity contribution in [3.8, 4) is 0 Å². The largest absolute Gasteiger partial charge is 0.0898 e. The van der Waals surface area contributed by atoms with Gasteiger partial charge in [-0.25, -0.2) is 0 Å². The van der Waals surface area contributed by atoms with Gasteiger partial charge >= 0.3 is 0 Å². The van der Waals surface area contributed by atoms with Gasteiger partial charge in [0.25, 0.3) is 0 Å². The van der Waals surface area contributed by atoms with E-state index in [0.717, 1.165) is 11.5 Å². The summed E-state index contributed by atoms with van der Waals surface area (Å²) >= 11 is 5.74. The summed E-state index contributed by atoms with van der Waals surface area (Å²) in [6.07, 6.45) is 22.2. The quantitative estimate of drug-likeness (QED) is 0.253. The van der Waals surface area contributed by atoms with Crippen LogP contribution in [0.2, 0.25) is 0 Å². The number of unbranched alkanes of at least 4 members (excludes halogenated alkanes) is 14. The molecule has 0 aliphatic carbocycles. The second-order valence-electron chi connectivity index (χ2n) is 6.22.